The van der Waals surface area contributed by atoms with Crippen molar-refractivity contribution in [2.75, 3.05) is 13.1 Å². The van der Waals surface area contributed by atoms with E-state index in [1.165, 1.54) is 0 Å². The number of rotatable bonds is 6. The van der Waals surface area contributed by atoms with Crippen LogP contribution < -0.4 is 10.6 Å². The van der Waals surface area contributed by atoms with Gasteiger partial charge in [0, 0.05) is 17.1 Å². The van der Waals surface area contributed by atoms with E-state index in [4.69, 9.17) is 11.6 Å². The van der Waals surface area contributed by atoms with Crippen molar-refractivity contribution in [2.45, 2.75) is 12.3 Å². The summed E-state index contributed by atoms with van der Waals surface area (Å²) in [5, 5.41) is 15.2. The number of aliphatic hydroxyl groups is 1. The molecule has 2 amide bonds. The summed E-state index contributed by atoms with van der Waals surface area (Å²) >= 11 is 5.75. The van der Waals surface area contributed by atoms with Crippen LogP contribution in [0.4, 0.5) is 13.2 Å². The van der Waals surface area contributed by atoms with E-state index in [0.29, 0.717) is 10.6 Å². The lowest BCUT2D eigenvalue weighted by Crippen LogP contribution is -2.38. The number of amides is 2. The van der Waals surface area contributed by atoms with Crippen molar-refractivity contribution in [1.29, 1.82) is 0 Å². The van der Waals surface area contributed by atoms with Gasteiger partial charge in [0.1, 0.15) is 0 Å². The Balaban J connectivity index is 1.79. The largest absolute Gasteiger partial charge is 0.416 e. The van der Waals surface area contributed by atoms with Crippen LogP contribution in [0, 0.1) is 0 Å². The summed E-state index contributed by atoms with van der Waals surface area (Å²) in [4.78, 5) is 23.6. The fraction of sp³-hybridized carbons (Fsp3) is 0.222. The van der Waals surface area contributed by atoms with Crippen molar-refractivity contribution in [2.24, 2.45) is 0 Å². The lowest BCUT2D eigenvalue weighted by atomic mass is 10.1. The SMILES string of the molecule is O=C(CNC(=O)c1ccc(C(F)(F)F)cc1)NCC(O)c1ccc(Cl)cc1. The highest BCUT2D eigenvalue weighted by molar-refractivity contribution is 6.30. The first-order valence-electron chi connectivity index (χ1n) is 7.82. The average molecular weight is 401 g/mol. The second kappa shape index (κ2) is 8.88. The van der Waals surface area contributed by atoms with Gasteiger partial charge >= 0.3 is 6.18 Å². The predicted molar refractivity (Wildman–Crippen MR) is 93.2 cm³/mol. The van der Waals surface area contributed by atoms with Crippen molar-refractivity contribution in [3.8, 4) is 0 Å². The molecule has 2 rings (SSSR count). The Morgan fingerprint density at radius 3 is 2.15 bits per heavy atom. The number of nitrogens with one attached hydrogen (secondary N) is 2. The monoisotopic (exact) mass is 400 g/mol. The Kier molecular flexibility index (Phi) is 6.81. The fourth-order valence-corrected chi connectivity index (χ4v) is 2.27. The molecule has 2 aromatic carbocycles. The molecule has 144 valence electrons. The van der Waals surface area contributed by atoms with Crippen LogP contribution in [0.1, 0.15) is 27.6 Å². The second-order valence-corrected chi connectivity index (χ2v) is 6.07. The third kappa shape index (κ3) is 6.26. The standard InChI is InChI=1S/C18H16ClF3N2O3/c19-14-7-3-11(4-8-14)15(25)9-23-16(26)10-24-17(27)12-1-5-13(6-2-12)18(20,21)22/h1-8,15,25H,9-10H2,(H,23,26)(H,24,27). The highest BCUT2D eigenvalue weighted by atomic mass is 35.5. The zero-order chi connectivity index (χ0) is 20.0. The minimum Gasteiger partial charge on any atom is -0.387 e. The zero-order valence-electron chi connectivity index (χ0n) is 13.9. The maximum atomic E-state index is 12.5. The molecule has 0 aliphatic heterocycles. The first-order chi connectivity index (χ1) is 12.7. The molecule has 0 aliphatic carbocycles. The van der Waals surface area contributed by atoms with Crippen molar-refractivity contribution in [1.82, 2.24) is 10.6 Å². The normalized spacial score (nSPS) is 12.3. The molecule has 0 saturated heterocycles. The van der Waals surface area contributed by atoms with E-state index in [1.807, 2.05) is 0 Å². The maximum absolute atomic E-state index is 12.5. The van der Waals surface area contributed by atoms with E-state index in [9.17, 15) is 27.9 Å². The van der Waals surface area contributed by atoms with E-state index < -0.39 is 29.7 Å². The van der Waals surface area contributed by atoms with Crippen LogP contribution in [-0.2, 0) is 11.0 Å². The number of benzene rings is 2. The molecule has 0 radical (unpaired) electrons. The van der Waals surface area contributed by atoms with Gasteiger partial charge in [-0.3, -0.25) is 9.59 Å². The molecule has 9 heteroatoms. The highest BCUT2D eigenvalue weighted by Crippen LogP contribution is 2.29. The van der Waals surface area contributed by atoms with Crippen molar-refractivity contribution in [3.05, 3.63) is 70.2 Å². The van der Waals surface area contributed by atoms with Crippen molar-refractivity contribution in [3.63, 3.8) is 0 Å². The Labute approximate surface area is 158 Å². The van der Waals surface area contributed by atoms with Crippen LogP contribution in [-0.4, -0.2) is 30.0 Å². The summed E-state index contributed by atoms with van der Waals surface area (Å²) in [5.41, 5.74) is -0.307. The second-order valence-electron chi connectivity index (χ2n) is 5.63. The molecule has 5 nitrogen and oxygen atoms in total. The third-order valence-electron chi connectivity index (χ3n) is 3.63. The van der Waals surface area contributed by atoms with E-state index in [-0.39, 0.29) is 18.7 Å². The summed E-state index contributed by atoms with van der Waals surface area (Å²) < 4.78 is 37.5. The molecule has 0 heterocycles. The van der Waals surface area contributed by atoms with Gasteiger partial charge in [0.2, 0.25) is 5.91 Å². The Bertz CT molecular complexity index is 793. The summed E-state index contributed by atoms with van der Waals surface area (Å²) in [7, 11) is 0. The smallest absolute Gasteiger partial charge is 0.387 e. The molecule has 0 saturated carbocycles. The molecule has 1 unspecified atom stereocenters. The van der Waals surface area contributed by atoms with Gasteiger partial charge in [-0.1, -0.05) is 23.7 Å². The number of hydrogen-bond donors (Lipinski definition) is 3. The molecule has 0 fully saturated rings. The van der Waals surface area contributed by atoms with Gasteiger partial charge in [-0.25, -0.2) is 0 Å². The zero-order valence-corrected chi connectivity index (χ0v) is 14.6. The quantitative estimate of drug-likeness (QED) is 0.697. The van der Waals surface area contributed by atoms with Gasteiger partial charge in [0.15, 0.2) is 0 Å². The van der Waals surface area contributed by atoms with E-state index in [2.05, 4.69) is 10.6 Å². The van der Waals surface area contributed by atoms with Crippen molar-refractivity contribution < 1.29 is 27.9 Å². The van der Waals surface area contributed by atoms with Crippen LogP contribution in [0.15, 0.2) is 48.5 Å². The van der Waals surface area contributed by atoms with Crippen LogP contribution in [0.5, 0.6) is 0 Å². The Hall–Kier alpha value is -2.58. The third-order valence-corrected chi connectivity index (χ3v) is 3.88. The number of halogens is 4. The minimum absolute atomic E-state index is 0.00278. The summed E-state index contributed by atoms with van der Waals surface area (Å²) in [6.45, 7) is -0.455. The Morgan fingerprint density at radius 2 is 1.59 bits per heavy atom. The van der Waals surface area contributed by atoms with Crippen LogP contribution in [0.2, 0.25) is 5.02 Å². The lowest BCUT2D eigenvalue weighted by molar-refractivity contribution is -0.137. The molecule has 0 aliphatic rings. The molecule has 27 heavy (non-hydrogen) atoms. The van der Waals surface area contributed by atoms with E-state index in [0.717, 1.165) is 24.3 Å². The van der Waals surface area contributed by atoms with Crippen molar-refractivity contribution >= 4 is 23.4 Å². The summed E-state index contributed by atoms with van der Waals surface area (Å²) in [6.07, 6.45) is -5.43. The number of alkyl halides is 3. The summed E-state index contributed by atoms with van der Waals surface area (Å²) in [6, 6.07) is 10.1. The minimum atomic E-state index is -4.49. The molecule has 2 aromatic rings. The molecule has 1 atom stereocenters. The summed E-state index contributed by atoms with van der Waals surface area (Å²) in [5.74, 6) is -1.24. The number of aliphatic hydroxyl groups excluding tert-OH is 1. The fourth-order valence-electron chi connectivity index (χ4n) is 2.15. The molecule has 0 bridgehead atoms. The number of hydrogen-bond acceptors (Lipinski definition) is 3. The molecule has 0 spiro atoms. The van der Waals surface area contributed by atoms with Gasteiger partial charge in [0.05, 0.1) is 18.2 Å². The van der Waals surface area contributed by atoms with Gasteiger partial charge < -0.3 is 15.7 Å². The van der Waals surface area contributed by atoms with Gasteiger partial charge in [0.25, 0.3) is 5.91 Å². The predicted octanol–water partition coefficient (Wildman–Crippen LogP) is 2.94. The first kappa shape index (κ1) is 20.7. The van der Waals surface area contributed by atoms with Crippen LogP contribution >= 0.6 is 11.6 Å². The maximum Gasteiger partial charge on any atom is 0.416 e. The molecular weight excluding hydrogens is 385 g/mol. The molecule has 0 aromatic heterocycles. The Morgan fingerprint density at radius 1 is 1.00 bits per heavy atom. The van der Waals surface area contributed by atoms with E-state index >= 15 is 0 Å². The van der Waals surface area contributed by atoms with Gasteiger partial charge in [-0.2, -0.15) is 13.2 Å². The average Bonchev–Trinajstić information content (AvgIpc) is 2.64. The molecular formula is C18H16ClF3N2O3. The van der Waals surface area contributed by atoms with Crippen LogP contribution in [0.3, 0.4) is 0 Å². The van der Waals surface area contributed by atoms with Gasteiger partial charge in [-0.15, -0.1) is 0 Å². The number of carbonyl (C=O) groups excluding carboxylic acids is 2. The highest BCUT2D eigenvalue weighted by Gasteiger charge is 2.30. The first-order valence-corrected chi connectivity index (χ1v) is 8.20. The van der Waals surface area contributed by atoms with Crippen LogP contribution in [0.25, 0.3) is 0 Å². The lowest BCUT2D eigenvalue weighted by Gasteiger charge is -2.13. The number of carbonyl (C=O) groups is 2. The van der Waals surface area contributed by atoms with Gasteiger partial charge in [-0.05, 0) is 42.0 Å². The topological polar surface area (TPSA) is 78.4 Å². The molecule has 3 N–H and O–H groups in total. The van der Waals surface area contributed by atoms with E-state index in [1.54, 1.807) is 24.3 Å².